The van der Waals surface area contributed by atoms with E-state index in [1.54, 1.807) is 0 Å². The molecule has 2 rings (SSSR count). The largest absolute Gasteiger partial charge is 0.478 e. The molecule has 7 heteroatoms. The normalized spacial score (nSPS) is 10.1. The van der Waals surface area contributed by atoms with Gasteiger partial charge in [0.15, 0.2) is 0 Å². The summed E-state index contributed by atoms with van der Waals surface area (Å²) in [6.07, 6.45) is 1.31. The first kappa shape index (κ1) is 10.5. The third-order valence-electron chi connectivity index (χ3n) is 1.72. The van der Waals surface area contributed by atoms with Crippen molar-refractivity contribution in [3.8, 4) is 10.9 Å². The molecule has 0 spiro atoms. The Morgan fingerprint density at radius 1 is 1.50 bits per heavy atom. The van der Waals surface area contributed by atoms with Crippen LogP contribution in [-0.2, 0) is 0 Å². The monoisotopic (exact) mass is 240 g/mol. The molecule has 0 fully saturated rings. The number of halogens is 1. The van der Waals surface area contributed by atoms with E-state index >= 15 is 0 Å². The molecule has 0 unspecified atom stereocenters. The van der Waals surface area contributed by atoms with Crippen LogP contribution in [0.3, 0.4) is 0 Å². The van der Waals surface area contributed by atoms with E-state index in [9.17, 15) is 9.18 Å². The van der Waals surface area contributed by atoms with Crippen molar-refractivity contribution in [2.24, 2.45) is 0 Å². The number of hydrogen-bond donors (Lipinski definition) is 1. The van der Waals surface area contributed by atoms with Gasteiger partial charge < -0.3 is 9.84 Å². The maximum atomic E-state index is 13.2. The van der Waals surface area contributed by atoms with Crippen molar-refractivity contribution in [2.45, 2.75) is 0 Å². The third kappa shape index (κ3) is 2.14. The highest BCUT2D eigenvalue weighted by Gasteiger charge is 2.11. The van der Waals surface area contributed by atoms with Gasteiger partial charge in [0.25, 0.3) is 5.19 Å². The van der Waals surface area contributed by atoms with E-state index in [2.05, 4.69) is 9.36 Å². The number of ether oxygens (including phenoxy) is 1. The van der Waals surface area contributed by atoms with Gasteiger partial charge in [-0.2, -0.15) is 9.36 Å². The van der Waals surface area contributed by atoms with E-state index in [0.717, 1.165) is 23.7 Å². The minimum absolute atomic E-state index is 0.180. The Kier molecular flexibility index (Phi) is 2.78. The second-order valence-electron chi connectivity index (χ2n) is 2.76. The van der Waals surface area contributed by atoms with E-state index < -0.39 is 17.3 Å². The Balaban J connectivity index is 2.24. The Hall–Kier alpha value is -2.02. The zero-order valence-electron chi connectivity index (χ0n) is 7.75. The fourth-order valence-electron chi connectivity index (χ4n) is 1.04. The molecule has 2 aromatic rings. The van der Waals surface area contributed by atoms with Crippen LogP contribution in [0, 0.1) is 5.82 Å². The predicted molar refractivity (Wildman–Crippen MR) is 53.3 cm³/mol. The molecule has 16 heavy (non-hydrogen) atoms. The first-order valence-electron chi connectivity index (χ1n) is 4.14. The summed E-state index contributed by atoms with van der Waals surface area (Å²) in [7, 11) is 0. The molecule has 1 heterocycles. The molecule has 1 aromatic carbocycles. The standard InChI is InChI=1S/C9H5FN2O3S/c10-7-3-5(1-2-6(7)8(13)14)15-9-11-4-12-16-9/h1-4H,(H,13,14). The van der Waals surface area contributed by atoms with Crippen molar-refractivity contribution in [3.05, 3.63) is 35.9 Å². The summed E-state index contributed by atoms with van der Waals surface area (Å²) in [5, 5.41) is 8.88. The summed E-state index contributed by atoms with van der Waals surface area (Å²) in [6, 6.07) is 3.48. The lowest BCUT2D eigenvalue weighted by molar-refractivity contribution is 0.0692. The lowest BCUT2D eigenvalue weighted by atomic mass is 10.2. The van der Waals surface area contributed by atoms with Gasteiger partial charge in [0.1, 0.15) is 17.9 Å². The average Bonchev–Trinajstić information content (AvgIpc) is 2.70. The van der Waals surface area contributed by atoms with E-state index in [1.807, 2.05) is 0 Å². The van der Waals surface area contributed by atoms with Gasteiger partial charge in [0.05, 0.1) is 5.56 Å². The van der Waals surface area contributed by atoms with E-state index in [4.69, 9.17) is 9.84 Å². The first-order valence-corrected chi connectivity index (χ1v) is 4.91. The van der Waals surface area contributed by atoms with Crippen molar-refractivity contribution in [1.29, 1.82) is 0 Å². The lowest BCUT2D eigenvalue weighted by Crippen LogP contribution is -2.00. The van der Waals surface area contributed by atoms with Crippen LogP contribution in [-0.4, -0.2) is 20.4 Å². The molecule has 0 aliphatic rings. The maximum absolute atomic E-state index is 13.2. The van der Waals surface area contributed by atoms with Crippen LogP contribution in [0.15, 0.2) is 24.5 Å². The van der Waals surface area contributed by atoms with Crippen LogP contribution in [0.2, 0.25) is 0 Å². The summed E-state index contributed by atoms with van der Waals surface area (Å²) in [6.45, 7) is 0. The van der Waals surface area contributed by atoms with Crippen LogP contribution in [0.25, 0.3) is 0 Å². The summed E-state index contributed by atoms with van der Waals surface area (Å²) in [4.78, 5) is 14.3. The molecule has 1 aromatic heterocycles. The van der Waals surface area contributed by atoms with Crippen molar-refractivity contribution in [2.75, 3.05) is 0 Å². The molecule has 5 nitrogen and oxygen atoms in total. The van der Waals surface area contributed by atoms with Gasteiger partial charge in [-0.3, -0.25) is 0 Å². The molecule has 0 saturated carbocycles. The molecule has 82 valence electrons. The Morgan fingerprint density at radius 2 is 2.31 bits per heavy atom. The highest BCUT2D eigenvalue weighted by Crippen LogP contribution is 2.23. The zero-order chi connectivity index (χ0) is 11.5. The van der Waals surface area contributed by atoms with Crippen LogP contribution < -0.4 is 4.74 Å². The summed E-state index contributed by atoms with van der Waals surface area (Å²) < 4.78 is 22.1. The predicted octanol–water partition coefficient (Wildman–Crippen LogP) is 2.17. The van der Waals surface area contributed by atoms with Crippen molar-refractivity contribution >= 4 is 17.5 Å². The van der Waals surface area contributed by atoms with Gasteiger partial charge in [-0.25, -0.2) is 9.18 Å². The van der Waals surface area contributed by atoms with Gasteiger partial charge in [-0.1, -0.05) is 0 Å². The maximum Gasteiger partial charge on any atom is 0.338 e. The number of aromatic nitrogens is 2. The van der Waals surface area contributed by atoms with Crippen LogP contribution in [0.5, 0.6) is 10.9 Å². The fraction of sp³-hybridized carbons (Fsp3) is 0. The molecule has 1 N–H and O–H groups in total. The van der Waals surface area contributed by atoms with Crippen LogP contribution in [0.1, 0.15) is 10.4 Å². The SMILES string of the molecule is O=C(O)c1ccc(Oc2ncns2)cc1F. The average molecular weight is 240 g/mol. The number of aromatic carboxylic acids is 1. The van der Waals surface area contributed by atoms with E-state index in [-0.39, 0.29) is 10.9 Å². The molecule has 0 bridgehead atoms. The molecule has 0 saturated heterocycles. The number of carboxylic acid groups (broad SMARTS) is 1. The third-order valence-corrected chi connectivity index (χ3v) is 2.26. The fourth-order valence-corrected chi connectivity index (χ4v) is 1.45. The van der Waals surface area contributed by atoms with Gasteiger partial charge in [-0.05, 0) is 12.1 Å². The van der Waals surface area contributed by atoms with Gasteiger partial charge in [0, 0.05) is 17.6 Å². The Morgan fingerprint density at radius 3 is 2.88 bits per heavy atom. The zero-order valence-corrected chi connectivity index (χ0v) is 8.57. The number of carbonyl (C=O) groups is 1. The van der Waals surface area contributed by atoms with Gasteiger partial charge in [-0.15, -0.1) is 0 Å². The minimum atomic E-state index is -1.32. The second kappa shape index (κ2) is 4.23. The van der Waals surface area contributed by atoms with E-state index in [1.165, 1.54) is 12.4 Å². The summed E-state index contributed by atoms with van der Waals surface area (Å²) >= 11 is 1.01. The number of carboxylic acids is 1. The number of rotatable bonds is 3. The topological polar surface area (TPSA) is 72.3 Å². The van der Waals surface area contributed by atoms with Crippen LogP contribution >= 0.6 is 11.5 Å². The Bertz CT molecular complexity index is 515. The number of benzene rings is 1. The first-order chi connectivity index (χ1) is 7.66. The minimum Gasteiger partial charge on any atom is -0.478 e. The molecule has 0 aliphatic heterocycles. The Labute approximate surface area is 93.3 Å². The van der Waals surface area contributed by atoms with Crippen molar-refractivity contribution in [3.63, 3.8) is 0 Å². The smallest absolute Gasteiger partial charge is 0.338 e. The van der Waals surface area contributed by atoms with Crippen LogP contribution in [0.4, 0.5) is 4.39 Å². The number of nitrogens with zero attached hydrogens (tertiary/aromatic N) is 2. The lowest BCUT2D eigenvalue weighted by Gasteiger charge is -2.02. The number of hydrogen-bond acceptors (Lipinski definition) is 5. The quantitative estimate of drug-likeness (QED) is 0.890. The molecule has 0 atom stereocenters. The van der Waals surface area contributed by atoms with Crippen molar-refractivity contribution < 1.29 is 19.0 Å². The molecule has 0 aliphatic carbocycles. The highest BCUT2D eigenvalue weighted by atomic mass is 32.1. The second-order valence-corrected chi connectivity index (χ2v) is 3.50. The highest BCUT2D eigenvalue weighted by molar-refractivity contribution is 7.07. The van der Waals surface area contributed by atoms with Gasteiger partial charge >= 0.3 is 5.97 Å². The summed E-state index contributed by atoms with van der Waals surface area (Å²) in [5.41, 5.74) is -0.399. The van der Waals surface area contributed by atoms with Crippen molar-refractivity contribution in [1.82, 2.24) is 9.36 Å². The van der Waals surface area contributed by atoms with Gasteiger partial charge in [0.2, 0.25) is 0 Å². The molecular formula is C9H5FN2O3S. The molecule has 0 radical (unpaired) electrons. The molecular weight excluding hydrogens is 235 g/mol. The van der Waals surface area contributed by atoms with E-state index in [0.29, 0.717) is 0 Å². The summed E-state index contributed by atoms with van der Waals surface area (Å²) in [5.74, 6) is -1.99. The molecule has 0 amide bonds.